The van der Waals surface area contributed by atoms with E-state index in [2.05, 4.69) is 61.7 Å². The Morgan fingerprint density at radius 3 is 2.50 bits per heavy atom. The molecular weight excluding hydrogens is 757 g/mol. The van der Waals surface area contributed by atoms with Crippen molar-refractivity contribution in [2.24, 2.45) is 28.8 Å². The molecule has 320 valence electrons. The Labute approximate surface area is 354 Å². The molecule has 0 bridgehead atoms. The summed E-state index contributed by atoms with van der Waals surface area (Å²) in [5.41, 5.74) is 3.87. The number of rotatable bonds is 20. The van der Waals surface area contributed by atoms with E-state index in [1.54, 1.807) is 12.2 Å². The predicted octanol–water partition coefficient (Wildman–Crippen LogP) is 9.00. The van der Waals surface area contributed by atoms with Crippen LogP contribution in [0.4, 0.5) is 0 Å². The molecule has 3 aromatic carbocycles. The fourth-order valence-electron chi connectivity index (χ4n) is 10.3. The molecule has 7 unspecified atom stereocenters. The largest absolute Gasteiger partial charge is 0.490 e. The van der Waals surface area contributed by atoms with E-state index in [-0.39, 0.29) is 49.4 Å². The SMILES string of the molecule is C=CCOc1ccc2c(c1)C1C(CCCCO)C(CCCCO)C=C3C(=NOC4CCCCO4)CC(N(Cc4cccc5ccccc45)C(=O)C4CC4)C(OCC=C)(O2)C31. The summed E-state index contributed by atoms with van der Waals surface area (Å²) in [5.74, 6) is -0.196. The van der Waals surface area contributed by atoms with Crippen molar-refractivity contribution in [3.8, 4) is 11.5 Å². The topological polar surface area (TPSA) is 119 Å². The standard InChI is InChI=1S/C50H62N2O8/c1-3-27-56-38-23-24-44-42(31-38)47-40(19-8-11-26-54)36(15-7-10-25-53)30-41-43(51-60-46-20-9-12-29-57-46)32-45(50(59-44,48(41)47)58-28-4-2)52(49(55)35-21-22-35)33-37-17-13-16-34-14-5-6-18-39(34)37/h3-6,13-14,16-18,23-24,30-31,35-36,40,45-48,53-54H,1-2,7-12,15,19-22,25-29,32-33H2. The Hall–Kier alpha value is -4.48. The summed E-state index contributed by atoms with van der Waals surface area (Å²) in [6.45, 7) is 9.79. The second-order valence-corrected chi connectivity index (χ2v) is 17.2. The van der Waals surface area contributed by atoms with E-state index in [0.29, 0.717) is 44.8 Å². The fourth-order valence-corrected chi connectivity index (χ4v) is 10.3. The number of nitrogens with zero attached hydrogens (tertiary/aromatic N) is 2. The average molecular weight is 819 g/mol. The van der Waals surface area contributed by atoms with E-state index < -0.39 is 24.0 Å². The van der Waals surface area contributed by atoms with Gasteiger partial charge in [0, 0.05) is 50.0 Å². The first-order valence-electron chi connectivity index (χ1n) is 22.4. The van der Waals surface area contributed by atoms with Crippen molar-refractivity contribution in [1.82, 2.24) is 4.90 Å². The van der Waals surface area contributed by atoms with Gasteiger partial charge in [-0.2, -0.15) is 0 Å². The summed E-state index contributed by atoms with van der Waals surface area (Å²) in [7, 11) is 0. The minimum atomic E-state index is -1.33. The molecule has 10 nitrogen and oxygen atoms in total. The normalized spacial score (nSPS) is 27.6. The molecule has 2 N–H and O–H groups in total. The van der Waals surface area contributed by atoms with Crippen molar-refractivity contribution in [3.63, 3.8) is 0 Å². The number of benzene rings is 3. The van der Waals surface area contributed by atoms with Crippen LogP contribution in [-0.2, 0) is 25.7 Å². The maximum Gasteiger partial charge on any atom is 0.239 e. The van der Waals surface area contributed by atoms with Crippen molar-refractivity contribution in [2.75, 3.05) is 33.0 Å². The van der Waals surface area contributed by atoms with Gasteiger partial charge in [-0.15, -0.1) is 6.58 Å². The molecule has 0 aromatic heterocycles. The number of allylic oxidation sites excluding steroid dienone is 1. The maximum atomic E-state index is 15.0. The molecule has 60 heavy (non-hydrogen) atoms. The number of oxime groups is 1. The molecule has 1 saturated heterocycles. The van der Waals surface area contributed by atoms with Gasteiger partial charge in [-0.1, -0.05) is 85.3 Å². The number of hydrogen-bond acceptors (Lipinski definition) is 9. The lowest BCUT2D eigenvalue weighted by Crippen LogP contribution is -2.70. The zero-order valence-electron chi connectivity index (χ0n) is 34.9. The number of fused-ring (bicyclic) bond motifs is 3. The highest BCUT2D eigenvalue weighted by Crippen LogP contribution is 2.62. The lowest BCUT2D eigenvalue weighted by atomic mass is 9.55. The van der Waals surface area contributed by atoms with Crippen molar-refractivity contribution in [2.45, 2.75) is 108 Å². The third-order valence-electron chi connectivity index (χ3n) is 13.2. The minimum Gasteiger partial charge on any atom is -0.490 e. The predicted molar refractivity (Wildman–Crippen MR) is 233 cm³/mol. The lowest BCUT2D eigenvalue weighted by molar-refractivity contribution is -0.258. The van der Waals surface area contributed by atoms with Gasteiger partial charge in [0.05, 0.1) is 24.8 Å². The van der Waals surface area contributed by atoms with E-state index in [4.69, 9.17) is 28.9 Å². The van der Waals surface area contributed by atoms with Gasteiger partial charge in [0.25, 0.3) is 0 Å². The minimum absolute atomic E-state index is 0.0784. The highest BCUT2D eigenvalue weighted by Gasteiger charge is 2.66. The first-order valence-corrected chi connectivity index (χ1v) is 22.4. The molecule has 3 fully saturated rings. The van der Waals surface area contributed by atoms with Crippen LogP contribution in [0.3, 0.4) is 0 Å². The number of amides is 1. The van der Waals surface area contributed by atoms with Crippen LogP contribution in [0.15, 0.2) is 103 Å². The number of carbonyl (C=O) groups excluding carboxylic acids is 1. The van der Waals surface area contributed by atoms with E-state index in [1.165, 1.54) is 0 Å². The number of ether oxygens (including phenoxy) is 4. The van der Waals surface area contributed by atoms with Gasteiger partial charge in [0.15, 0.2) is 0 Å². The maximum absolute atomic E-state index is 15.0. The molecule has 5 aliphatic rings. The molecule has 2 aliphatic heterocycles. The van der Waals surface area contributed by atoms with Crippen LogP contribution in [0, 0.1) is 23.7 Å². The first-order chi connectivity index (χ1) is 29.5. The van der Waals surface area contributed by atoms with Crippen LogP contribution in [0.5, 0.6) is 11.5 Å². The van der Waals surface area contributed by atoms with E-state index >= 15 is 4.79 Å². The van der Waals surface area contributed by atoms with Crippen LogP contribution in [0.2, 0.25) is 0 Å². The number of aliphatic hydroxyl groups excluding tert-OH is 2. The monoisotopic (exact) mass is 818 g/mol. The third kappa shape index (κ3) is 8.80. The summed E-state index contributed by atoms with van der Waals surface area (Å²) in [4.78, 5) is 23.4. The van der Waals surface area contributed by atoms with Gasteiger partial charge in [-0.25, -0.2) is 0 Å². The number of unbranched alkanes of at least 4 members (excludes halogenated alkanes) is 2. The van der Waals surface area contributed by atoms with E-state index in [9.17, 15) is 10.2 Å². The molecule has 10 heteroatoms. The summed E-state index contributed by atoms with van der Waals surface area (Å²) in [6.07, 6.45) is 15.1. The molecule has 0 spiro atoms. The summed E-state index contributed by atoms with van der Waals surface area (Å²) < 4.78 is 26.9. The van der Waals surface area contributed by atoms with Crippen molar-refractivity contribution >= 4 is 22.4 Å². The lowest BCUT2D eigenvalue weighted by Gasteiger charge is -2.60. The van der Waals surface area contributed by atoms with Gasteiger partial charge in [-0.05, 0) is 103 Å². The molecule has 0 radical (unpaired) electrons. The highest BCUT2D eigenvalue weighted by atomic mass is 16.8. The summed E-state index contributed by atoms with van der Waals surface area (Å²) in [6, 6.07) is 20.1. The smallest absolute Gasteiger partial charge is 0.239 e. The van der Waals surface area contributed by atoms with E-state index in [0.717, 1.165) is 96.7 Å². The summed E-state index contributed by atoms with van der Waals surface area (Å²) >= 11 is 0. The zero-order chi connectivity index (χ0) is 41.5. The third-order valence-corrected chi connectivity index (χ3v) is 13.2. The molecular formula is C50H62N2O8. The molecule has 3 aromatic rings. The molecule has 2 heterocycles. The summed E-state index contributed by atoms with van der Waals surface area (Å²) in [5, 5.41) is 27.2. The molecule has 8 rings (SSSR count). The quantitative estimate of drug-likeness (QED) is 0.0659. The van der Waals surface area contributed by atoms with Crippen molar-refractivity contribution < 1.29 is 38.8 Å². The van der Waals surface area contributed by atoms with Crippen LogP contribution in [0.1, 0.15) is 94.1 Å². The molecule has 7 atom stereocenters. The van der Waals surface area contributed by atoms with Gasteiger partial charge < -0.3 is 38.9 Å². The number of aliphatic hydroxyl groups is 2. The Morgan fingerprint density at radius 2 is 1.73 bits per heavy atom. The van der Waals surface area contributed by atoms with Gasteiger partial charge in [0.1, 0.15) is 24.1 Å². The first kappa shape index (κ1) is 42.2. The van der Waals surface area contributed by atoms with Gasteiger partial charge in [0.2, 0.25) is 18.0 Å². The highest BCUT2D eigenvalue weighted by molar-refractivity contribution is 6.03. The van der Waals surface area contributed by atoms with Gasteiger partial charge in [-0.3, -0.25) is 4.79 Å². The molecule has 3 aliphatic carbocycles. The van der Waals surface area contributed by atoms with Crippen molar-refractivity contribution in [1.29, 1.82) is 0 Å². The zero-order valence-corrected chi connectivity index (χ0v) is 34.9. The number of hydrogen-bond donors (Lipinski definition) is 2. The van der Waals surface area contributed by atoms with E-state index in [1.807, 2.05) is 23.1 Å². The van der Waals surface area contributed by atoms with Gasteiger partial charge >= 0.3 is 0 Å². The number of carbonyl (C=O) groups is 1. The van der Waals surface area contributed by atoms with Crippen molar-refractivity contribution in [3.05, 3.63) is 109 Å². The second-order valence-electron chi connectivity index (χ2n) is 17.2. The Bertz CT molecular complexity index is 2030. The van der Waals surface area contributed by atoms with Crippen LogP contribution in [-0.4, -0.2) is 77.9 Å². The average Bonchev–Trinajstić information content (AvgIpc) is 4.14. The Kier molecular flexibility index (Phi) is 13.7. The second kappa shape index (κ2) is 19.5. The van der Waals surface area contributed by atoms with Crippen LogP contribution >= 0.6 is 0 Å². The molecule has 1 amide bonds. The molecule has 2 saturated carbocycles. The Morgan fingerprint density at radius 1 is 0.933 bits per heavy atom. The fraction of sp³-hybridized carbons (Fsp3) is 0.520. The Balaban J connectivity index is 1.35. The van der Waals surface area contributed by atoms with Crippen LogP contribution in [0.25, 0.3) is 10.8 Å². The van der Waals surface area contributed by atoms with Crippen LogP contribution < -0.4 is 9.47 Å².